The molecule has 0 aromatic heterocycles. The van der Waals surface area contributed by atoms with Gasteiger partial charge in [0.1, 0.15) is 5.60 Å². The molecule has 1 spiro atoms. The largest absolute Gasteiger partial charge is 0.441 e. The molecule has 1 amide bonds. The van der Waals surface area contributed by atoms with Crippen LogP contribution in [0.4, 0.5) is 4.79 Å². The molecule has 118 valence electrons. The third-order valence-corrected chi connectivity index (χ3v) is 6.37. The summed E-state index contributed by atoms with van der Waals surface area (Å²) in [5.41, 5.74) is -0.228. The number of hydrogen-bond acceptors (Lipinski definition) is 4. The zero-order chi connectivity index (χ0) is 14.4. The molecule has 0 aromatic carbocycles. The third kappa shape index (κ3) is 2.25. The summed E-state index contributed by atoms with van der Waals surface area (Å²) in [7, 11) is 0. The summed E-state index contributed by atoms with van der Waals surface area (Å²) >= 11 is 0. The van der Waals surface area contributed by atoms with Gasteiger partial charge in [0, 0.05) is 38.0 Å². The maximum atomic E-state index is 11.6. The zero-order valence-corrected chi connectivity index (χ0v) is 12.9. The van der Waals surface area contributed by atoms with Crippen LogP contribution in [0.15, 0.2) is 0 Å². The second kappa shape index (κ2) is 5.13. The van der Waals surface area contributed by atoms with E-state index in [1.165, 1.54) is 25.8 Å². The first kappa shape index (κ1) is 13.8. The first-order chi connectivity index (χ1) is 10.2. The van der Waals surface area contributed by atoms with E-state index in [-0.39, 0.29) is 17.7 Å². The lowest BCUT2D eigenvalue weighted by Crippen LogP contribution is -2.61. The molecule has 1 aliphatic carbocycles. The van der Waals surface area contributed by atoms with Gasteiger partial charge in [-0.05, 0) is 38.1 Å². The molecule has 4 saturated heterocycles. The number of alkyl carbamates (subject to hydrolysis) is 1. The summed E-state index contributed by atoms with van der Waals surface area (Å²) in [5.74, 6) is 0.829. The Morgan fingerprint density at radius 2 is 2.14 bits per heavy atom. The van der Waals surface area contributed by atoms with E-state index >= 15 is 0 Å². The van der Waals surface area contributed by atoms with E-state index in [0.717, 1.165) is 50.4 Å². The van der Waals surface area contributed by atoms with Crippen molar-refractivity contribution in [2.24, 2.45) is 5.92 Å². The molecular formula is C16H27N3O2. The van der Waals surface area contributed by atoms with Crippen LogP contribution in [0.5, 0.6) is 0 Å². The molecule has 2 bridgehead atoms. The molecule has 5 rings (SSSR count). The van der Waals surface area contributed by atoms with Crippen molar-refractivity contribution < 1.29 is 9.53 Å². The summed E-state index contributed by atoms with van der Waals surface area (Å²) in [6, 6.07) is 1.70. The van der Waals surface area contributed by atoms with Gasteiger partial charge in [0.25, 0.3) is 0 Å². The number of piperidine rings is 3. The molecule has 4 heterocycles. The van der Waals surface area contributed by atoms with E-state index in [0.29, 0.717) is 0 Å². The molecule has 4 aliphatic heterocycles. The van der Waals surface area contributed by atoms with Gasteiger partial charge in [-0.15, -0.1) is 0 Å². The minimum absolute atomic E-state index is 0.205. The number of hydrogen-bond donors (Lipinski definition) is 2. The number of nitrogens with one attached hydrogen (secondary N) is 2. The number of carbonyl (C=O) groups excluding carboxylic acids is 1. The molecule has 2 N–H and O–H groups in total. The fourth-order valence-electron chi connectivity index (χ4n) is 5.12. The maximum Gasteiger partial charge on any atom is 0.408 e. The smallest absolute Gasteiger partial charge is 0.408 e. The Kier molecular flexibility index (Phi) is 3.38. The van der Waals surface area contributed by atoms with Crippen LogP contribution in [-0.4, -0.2) is 54.4 Å². The lowest BCUT2D eigenvalue weighted by molar-refractivity contribution is -0.0471. The van der Waals surface area contributed by atoms with Gasteiger partial charge in [-0.3, -0.25) is 4.90 Å². The zero-order valence-electron chi connectivity index (χ0n) is 12.9. The van der Waals surface area contributed by atoms with Crippen molar-refractivity contribution in [3.63, 3.8) is 0 Å². The summed E-state index contributed by atoms with van der Waals surface area (Å²) in [4.78, 5) is 14.3. The lowest BCUT2D eigenvalue weighted by Gasteiger charge is -2.51. The minimum atomic E-state index is -0.228. The molecule has 0 radical (unpaired) electrons. The highest BCUT2D eigenvalue weighted by Crippen LogP contribution is 2.39. The van der Waals surface area contributed by atoms with Crippen molar-refractivity contribution >= 4 is 6.09 Å². The third-order valence-electron chi connectivity index (χ3n) is 6.37. The molecular weight excluding hydrogens is 266 g/mol. The van der Waals surface area contributed by atoms with Gasteiger partial charge in [0.2, 0.25) is 0 Å². The normalized spacial score (nSPS) is 42.0. The topological polar surface area (TPSA) is 53.6 Å². The van der Waals surface area contributed by atoms with Gasteiger partial charge < -0.3 is 15.4 Å². The number of nitrogens with zero attached hydrogens (tertiary/aromatic N) is 1. The molecule has 21 heavy (non-hydrogen) atoms. The van der Waals surface area contributed by atoms with Gasteiger partial charge in [-0.1, -0.05) is 6.92 Å². The van der Waals surface area contributed by atoms with Crippen molar-refractivity contribution in [3.8, 4) is 0 Å². The molecule has 4 atom stereocenters. The summed E-state index contributed by atoms with van der Waals surface area (Å²) < 4.78 is 5.70. The fourth-order valence-corrected chi connectivity index (χ4v) is 5.12. The Morgan fingerprint density at radius 3 is 2.71 bits per heavy atom. The van der Waals surface area contributed by atoms with Crippen molar-refractivity contribution in [2.45, 2.75) is 69.2 Å². The number of ether oxygens (including phenoxy) is 1. The van der Waals surface area contributed by atoms with E-state index < -0.39 is 0 Å². The standard InChI is InChI=1S/C16H27N3O2/c1-2-14-16(21-15(20)18-14)5-7-19(8-6-16)13-9-12-4-3-11(13)10-17-12/h11-14,17H,2-10H2,1H3,(H,18,20). The number of amides is 1. The van der Waals surface area contributed by atoms with Crippen molar-refractivity contribution in [2.75, 3.05) is 19.6 Å². The summed E-state index contributed by atoms with van der Waals surface area (Å²) in [5, 5.41) is 6.65. The van der Waals surface area contributed by atoms with Crippen LogP contribution in [0.2, 0.25) is 0 Å². The van der Waals surface area contributed by atoms with Gasteiger partial charge in [-0.25, -0.2) is 4.79 Å². The quantitative estimate of drug-likeness (QED) is 0.810. The first-order valence-corrected chi connectivity index (χ1v) is 8.67. The second-order valence-electron chi connectivity index (χ2n) is 7.34. The number of carbonyl (C=O) groups is 1. The molecule has 0 aromatic rings. The minimum Gasteiger partial charge on any atom is -0.441 e. The lowest BCUT2D eigenvalue weighted by atomic mass is 9.75. The highest BCUT2D eigenvalue weighted by molar-refractivity contribution is 5.71. The Hall–Kier alpha value is -0.810. The SMILES string of the molecule is CCC1NC(=O)OC12CCN(C1CC3CCC1CN3)CC2. The Morgan fingerprint density at radius 1 is 1.33 bits per heavy atom. The molecule has 5 aliphatic rings. The van der Waals surface area contributed by atoms with Crippen LogP contribution in [0.1, 0.15) is 45.4 Å². The number of rotatable bonds is 2. The number of likely N-dealkylation sites (tertiary alicyclic amines) is 1. The van der Waals surface area contributed by atoms with E-state index in [1.807, 2.05) is 0 Å². The maximum absolute atomic E-state index is 11.6. The first-order valence-electron chi connectivity index (χ1n) is 8.67. The van der Waals surface area contributed by atoms with Crippen molar-refractivity contribution in [3.05, 3.63) is 0 Å². The van der Waals surface area contributed by atoms with E-state index in [9.17, 15) is 4.79 Å². The Bertz CT molecular complexity index is 412. The van der Waals surface area contributed by atoms with E-state index in [4.69, 9.17) is 4.74 Å². The van der Waals surface area contributed by atoms with Gasteiger partial charge in [0.15, 0.2) is 0 Å². The van der Waals surface area contributed by atoms with Gasteiger partial charge in [0.05, 0.1) is 6.04 Å². The molecule has 5 nitrogen and oxygen atoms in total. The Labute approximate surface area is 126 Å². The van der Waals surface area contributed by atoms with E-state index in [2.05, 4.69) is 22.5 Å². The molecule has 1 saturated carbocycles. The van der Waals surface area contributed by atoms with Crippen molar-refractivity contribution in [1.82, 2.24) is 15.5 Å². The fraction of sp³-hybridized carbons (Fsp3) is 0.938. The van der Waals surface area contributed by atoms with Crippen molar-refractivity contribution in [1.29, 1.82) is 0 Å². The van der Waals surface area contributed by atoms with Crippen LogP contribution < -0.4 is 10.6 Å². The average Bonchev–Trinajstić information content (AvgIpc) is 2.84. The van der Waals surface area contributed by atoms with Gasteiger partial charge >= 0.3 is 6.09 Å². The molecule has 4 unspecified atom stereocenters. The highest BCUT2D eigenvalue weighted by atomic mass is 16.6. The van der Waals surface area contributed by atoms with E-state index in [1.54, 1.807) is 0 Å². The van der Waals surface area contributed by atoms with Crippen LogP contribution in [0.25, 0.3) is 0 Å². The summed E-state index contributed by atoms with van der Waals surface area (Å²) in [6.45, 7) is 5.50. The molecule has 5 fully saturated rings. The predicted octanol–water partition coefficient (Wildman–Crippen LogP) is 1.48. The average molecular weight is 293 g/mol. The highest BCUT2D eigenvalue weighted by Gasteiger charge is 2.51. The molecule has 5 heteroatoms. The van der Waals surface area contributed by atoms with Gasteiger partial charge in [-0.2, -0.15) is 0 Å². The van der Waals surface area contributed by atoms with Crippen LogP contribution >= 0.6 is 0 Å². The Balaban J connectivity index is 1.42. The van der Waals surface area contributed by atoms with Crippen LogP contribution in [0, 0.1) is 5.92 Å². The van der Waals surface area contributed by atoms with Crippen LogP contribution in [0.3, 0.4) is 0 Å². The predicted molar refractivity (Wildman–Crippen MR) is 80.2 cm³/mol. The number of fused-ring (bicyclic) bond motifs is 3. The monoisotopic (exact) mass is 293 g/mol. The summed E-state index contributed by atoms with van der Waals surface area (Å²) in [6.07, 6.45) is 6.79. The van der Waals surface area contributed by atoms with Crippen LogP contribution in [-0.2, 0) is 4.74 Å². The second-order valence-corrected chi connectivity index (χ2v) is 7.34.